The van der Waals surface area contributed by atoms with E-state index in [1.54, 1.807) is 7.05 Å². The Morgan fingerprint density at radius 1 is 1.31 bits per heavy atom. The summed E-state index contributed by atoms with van der Waals surface area (Å²) in [4.78, 5) is 22.9. The fourth-order valence-corrected chi connectivity index (χ4v) is 1.70. The van der Waals surface area contributed by atoms with Crippen molar-refractivity contribution in [2.45, 2.75) is 19.8 Å². The van der Waals surface area contributed by atoms with Gasteiger partial charge < -0.3 is 10.1 Å². The van der Waals surface area contributed by atoms with Crippen LogP contribution >= 0.6 is 0 Å². The first-order chi connectivity index (χ1) is 6.13. The van der Waals surface area contributed by atoms with E-state index in [9.17, 15) is 9.59 Å². The third kappa shape index (κ3) is 1.72. The van der Waals surface area contributed by atoms with Crippen LogP contribution in [0.4, 0.5) is 0 Å². The summed E-state index contributed by atoms with van der Waals surface area (Å²) in [6.45, 7) is 2.46. The molecule has 74 valence electrons. The zero-order valence-corrected chi connectivity index (χ0v) is 8.05. The summed E-state index contributed by atoms with van der Waals surface area (Å²) in [5.41, 5.74) is -0.826. The van der Waals surface area contributed by atoms with Gasteiger partial charge in [0.15, 0.2) is 0 Å². The molecule has 1 amide bonds. The second-order valence-corrected chi connectivity index (χ2v) is 3.33. The smallest absolute Gasteiger partial charge is 0.233 e. The van der Waals surface area contributed by atoms with Crippen molar-refractivity contribution in [3.8, 4) is 0 Å². The molecule has 0 saturated carbocycles. The molecule has 0 aromatic carbocycles. The Bertz CT molecular complexity index is 219. The Hall–Kier alpha value is -0.900. The van der Waals surface area contributed by atoms with Crippen molar-refractivity contribution in [2.75, 3.05) is 20.3 Å². The molecule has 0 unspecified atom stereocenters. The van der Waals surface area contributed by atoms with Crippen LogP contribution in [0, 0.1) is 5.41 Å². The number of Topliss-reactive ketones (excluding diaryl/α,β-unsaturated/α-hetero) is 1. The number of carbonyl (C=O) groups excluding carboxylic acids is 2. The predicted octanol–water partition coefficient (Wildman–Crippen LogP) is 0.118. The van der Waals surface area contributed by atoms with Crippen molar-refractivity contribution in [3.63, 3.8) is 0 Å². The first-order valence-corrected chi connectivity index (χ1v) is 4.44. The first kappa shape index (κ1) is 10.2. The van der Waals surface area contributed by atoms with Gasteiger partial charge >= 0.3 is 0 Å². The van der Waals surface area contributed by atoms with E-state index >= 15 is 0 Å². The predicted molar refractivity (Wildman–Crippen MR) is 47.2 cm³/mol. The van der Waals surface area contributed by atoms with Gasteiger partial charge in [0.2, 0.25) is 5.91 Å². The lowest BCUT2D eigenvalue weighted by molar-refractivity contribution is -0.147. The van der Waals surface area contributed by atoms with Crippen molar-refractivity contribution >= 4 is 11.7 Å². The fraction of sp³-hybridized carbons (Fsp3) is 0.778. The Morgan fingerprint density at radius 2 is 1.85 bits per heavy atom. The monoisotopic (exact) mass is 185 g/mol. The minimum Gasteiger partial charge on any atom is -0.381 e. The van der Waals surface area contributed by atoms with Crippen LogP contribution in [0.5, 0.6) is 0 Å². The molecule has 1 rings (SSSR count). The number of nitrogens with one attached hydrogen (secondary N) is 1. The SMILES string of the molecule is CNC(=O)C1(C(C)=O)CCOCC1. The lowest BCUT2D eigenvalue weighted by Crippen LogP contribution is -2.47. The molecule has 0 aromatic heterocycles. The molecule has 0 bridgehead atoms. The zero-order valence-electron chi connectivity index (χ0n) is 8.05. The van der Waals surface area contributed by atoms with Crippen LogP contribution in [0.15, 0.2) is 0 Å². The van der Waals surface area contributed by atoms with Gasteiger partial charge in [-0.15, -0.1) is 0 Å². The average molecular weight is 185 g/mol. The highest BCUT2D eigenvalue weighted by molar-refractivity contribution is 6.05. The van der Waals surface area contributed by atoms with Crippen LogP contribution in [0.25, 0.3) is 0 Å². The minimum atomic E-state index is -0.826. The maximum atomic E-state index is 11.5. The number of ether oxygens (including phenoxy) is 1. The largest absolute Gasteiger partial charge is 0.381 e. The second kappa shape index (κ2) is 3.87. The van der Waals surface area contributed by atoms with E-state index in [0.717, 1.165) is 0 Å². The number of rotatable bonds is 2. The summed E-state index contributed by atoms with van der Waals surface area (Å²) < 4.78 is 5.14. The van der Waals surface area contributed by atoms with E-state index in [1.807, 2.05) is 0 Å². The highest BCUT2D eigenvalue weighted by Crippen LogP contribution is 2.31. The van der Waals surface area contributed by atoms with Gasteiger partial charge in [0.25, 0.3) is 0 Å². The average Bonchev–Trinajstić information content (AvgIpc) is 2.17. The highest BCUT2D eigenvalue weighted by Gasteiger charge is 2.43. The summed E-state index contributed by atoms with van der Waals surface area (Å²) in [7, 11) is 1.56. The van der Waals surface area contributed by atoms with Crippen molar-refractivity contribution < 1.29 is 14.3 Å². The zero-order chi connectivity index (χ0) is 9.90. The summed E-state index contributed by atoms with van der Waals surface area (Å²) in [5, 5.41) is 2.54. The Balaban J connectivity index is 2.85. The molecule has 0 radical (unpaired) electrons. The maximum absolute atomic E-state index is 11.5. The van der Waals surface area contributed by atoms with Crippen LogP contribution in [0.1, 0.15) is 19.8 Å². The second-order valence-electron chi connectivity index (χ2n) is 3.33. The van der Waals surface area contributed by atoms with Gasteiger partial charge in [-0.1, -0.05) is 0 Å². The third-order valence-electron chi connectivity index (χ3n) is 2.68. The minimum absolute atomic E-state index is 0.0600. The lowest BCUT2D eigenvalue weighted by atomic mass is 9.76. The summed E-state index contributed by atoms with van der Waals surface area (Å²) in [6, 6.07) is 0. The van der Waals surface area contributed by atoms with Gasteiger partial charge in [-0.25, -0.2) is 0 Å². The molecule has 4 heteroatoms. The molecule has 0 spiro atoms. The van der Waals surface area contributed by atoms with Gasteiger partial charge in [-0.05, 0) is 19.8 Å². The Morgan fingerprint density at radius 3 is 2.23 bits per heavy atom. The van der Waals surface area contributed by atoms with E-state index in [4.69, 9.17) is 4.74 Å². The van der Waals surface area contributed by atoms with Crippen LogP contribution in [-0.4, -0.2) is 32.0 Å². The molecule has 1 saturated heterocycles. The Kier molecular flexibility index (Phi) is 3.03. The first-order valence-electron chi connectivity index (χ1n) is 4.44. The fourth-order valence-electron chi connectivity index (χ4n) is 1.70. The van der Waals surface area contributed by atoms with Gasteiger partial charge in [-0.2, -0.15) is 0 Å². The topological polar surface area (TPSA) is 55.4 Å². The Labute approximate surface area is 77.6 Å². The summed E-state index contributed by atoms with van der Waals surface area (Å²) >= 11 is 0. The molecular weight excluding hydrogens is 170 g/mol. The quantitative estimate of drug-likeness (QED) is 0.621. The van der Waals surface area contributed by atoms with Gasteiger partial charge in [0.1, 0.15) is 11.2 Å². The number of carbonyl (C=O) groups is 2. The molecule has 1 fully saturated rings. The van der Waals surface area contributed by atoms with E-state index in [2.05, 4.69) is 5.32 Å². The van der Waals surface area contributed by atoms with Crippen LogP contribution < -0.4 is 5.32 Å². The van der Waals surface area contributed by atoms with Crippen molar-refractivity contribution in [1.29, 1.82) is 0 Å². The number of hydrogen-bond acceptors (Lipinski definition) is 3. The van der Waals surface area contributed by atoms with Crippen molar-refractivity contribution in [2.24, 2.45) is 5.41 Å². The van der Waals surface area contributed by atoms with Crippen molar-refractivity contribution in [3.05, 3.63) is 0 Å². The molecule has 1 heterocycles. The lowest BCUT2D eigenvalue weighted by Gasteiger charge is -2.32. The highest BCUT2D eigenvalue weighted by atomic mass is 16.5. The van der Waals surface area contributed by atoms with E-state index in [-0.39, 0.29) is 11.7 Å². The molecule has 13 heavy (non-hydrogen) atoms. The number of hydrogen-bond donors (Lipinski definition) is 1. The molecular formula is C9H15NO3. The van der Waals surface area contributed by atoms with Gasteiger partial charge in [0.05, 0.1) is 0 Å². The molecule has 0 aromatic rings. The number of ketones is 1. The molecule has 4 nitrogen and oxygen atoms in total. The number of amides is 1. The molecule has 1 aliphatic rings. The normalized spacial score (nSPS) is 20.8. The van der Waals surface area contributed by atoms with E-state index < -0.39 is 5.41 Å². The van der Waals surface area contributed by atoms with E-state index in [1.165, 1.54) is 6.92 Å². The van der Waals surface area contributed by atoms with Crippen LogP contribution in [0.2, 0.25) is 0 Å². The summed E-state index contributed by atoms with van der Waals surface area (Å²) in [5.74, 6) is -0.238. The molecule has 0 aliphatic carbocycles. The standard InChI is InChI=1S/C9H15NO3/c1-7(11)9(8(12)10-2)3-5-13-6-4-9/h3-6H2,1-2H3,(H,10,12). The van der Waals surface area contributed by atoms with Crippen molar-refractivity contribution in [1.82, 2.24) is 5.32 Å². The van der Waals surface area contributed by atoms with Gasteiger partial charge in [-0.3, -0.25) is 9.59 Å². The van der Waals surface area contributed by atoms with Crippen LogP contribution in [0.3, 0.4) is 0 Å². The maximum Gasteiger partial charge on any atom is 0.233 e. The third-order valence-corrected chi connectivity index (χ3v) is 2.68. The molecule has 1 aliphatic heterocycles. The molecule has 1 N–H and O–H groups in total. The van der Waals surface area contributed by atoms with Crippen LogP contribution in [-0.2, 0) is 14.3 Å². The summed E-state index contributed by atoms with van der Waals surface area (Å²) in [6.07, 6.45) is 1.00. The molecule has 0 atom stereocenters. The van der Waals surface area contributed by atoms with E-state index in [0.29, 0.717) is 26.1 Å². The van der Waals surface area contributed by atoms with Gasteiger partial charge in [0, 0.05) is 20.3 Å².